The molecule has 1 aliphatic carbocycles. The first-order chi connectivity index (χ1) is 18.9. The molecule has 1 saturated carbocycles. The van der Waals surface area contributed by atoms with E-state index in [-0.39, 0.29) is 5.91 Å². The SMILES string of the molecule is COc1ccc(C2CC2)cc1C(=O)NCc1ccc(-c2nn3c(c2C(N)=O)Nc2ccc(C)cc2CC3)cc1. The van der Waals surface area contributed by atoms with Gasteiger partial charge in [0.2, 0.25) is 0 Å². The summed E-state index contributed by atoms with van der Waals surface area (Å²) in [5.74, 6) is 1.02. The minimum absolute atomic E-state index is 0.172. The quantitative estimate of drug-likeness (QED) is 0.314. The van der Waals surface area contributed by atoms with Crippen LogP contribution in [0.3, 0.4) is 0 Å². The van der Waals surface area contributed by atoms with E-state index in [1.54, 1.807) is 7.11 Å². The Hall–Kier alpha value is -4.59. The van der Waals surface area contributed by atoms with Crippen LogP contribution >= 0.6 is 0 Å². The van der Waals surface area contributed by atoms with Crippen molar-refractivity contribution in [1.82, 2.24) is 15.1 Å². The number of amides is 2. The van der Waals surface area contributed by atoms with E-state index in [1.165, 1.54) is 29.5 Å². The molecular weight excluding hydrogens is 490 g/mol. The third-order valence-electron chi connectivity index (χ3n) is 7.50. The van der Waals surface area contributed by atoms with Gasteiger partial charge in [-0.3, -0.25) is 9.59 Å². The Bertz CT molecular complexity index is 1580. The lowest BCUT2D eigenvalue weighted by molar-refractivity contribution is 0.0946. The van der Waals surface area contributed by atoms with Crippen molar-refractivity contribution in [3.63, 3.8) is 0 Å². The summed E-state index contributed by atoms with van der Waals surface area (Å²) >= 11 is 0. The van der Waals surface area contributed by atoms with Crippen LogP contribution in [-0.4, -0.2) is 28.7 Å². The van der Waals surface area contributed by atoms with E-state index in [9.17, 15) is 9.59 Å². The molecule has 0 unspecified atom stereocenters. The highest BCUT2D eigenvalue weighted by molar-refractivity contribution is 6.04. The fraction of sp³-hybridized carbons (Fsp3) is 0.258. The molecule has 2 amide bonds. The number of carbonyl (C=O) groups is 2. The largest absolute Gasteiger partial charge is 0.496 e. The molecule has 198 valence electrons. The molecule has 0 atom stereocenters. The van der Waals surface area contributed by atoms with Gasteiger partial charge in [-0.15, -0.1) is 0 Å². The predicted molar refractivity (Wildman–Crippen MR) is 150 cm³/mol. The maximum atomic E-state index is 13.0. The van der Waals surface area contributed by atoms with Crippen molar-refractivity contribution >= 4 is 23.3 Å². The molecule has 2 heterocycles. The van der Waals surface area contributed by atoms with Crippen LogP contribution in [0, 0.1) is 6.92 Å². The molecule has 1 aliphatic heterocycles. The van der Waals surface area contributed by atoms with E-state index in [0.29, 0.717) is 47.4 Å². The summed E-state index contributed by atoms with van der Waals surface area (Å²) in [6.07, 6.45) is 3.13. The van der Waals surface area contributed by atoms with Crippen molar-refractivity contribution in [2.75, 3.05) is 12.4 Å². The van der Waals surface area contributed by atoms with Crippen LogP contribution in [0.1, 0.15) is 61.7 Å². The van der Waals surface area contributed by atoms with Gasteiger partial charge in [0.05, 0.1) is 12.7 Å². The number of nitrogens with zero attached hydrogens (tertiary/aromatic N) is 2. The number of benzene rings is 3. The zero-order valence-electron chi connectivity index (χ0n) is 22.1. The van der Waals surface area contributed by atoms with Gasteiger partial charge >= 0.3 is 0 Å². The van der Waals surface area contributed by atoms with E-state index in [4.69, 9.17) is 15.6 Å². The molecule has 2 aliphatic rings. The van der Waals surface area contributed by atoms with Gasteiger partial charge in [-0.1, -0.05) is 48.0 Å². The van der Waals surface area contributed by atoms with E-state index in [1.807, 2.05) is 59.3 Å². The second-order valence-corrected chi connectivity index (χ2v) is 10.3. The van der Waals surface area contributed by atoms with Gasteiger partial charge in [-0.25, -0.2) is 4.68 Å². The lowest BCUT2D eigenvalue weighted by atomic mass is 10.0. The smallest absolute Gasteiger partial charge is 0.255 e. The number of nitrogens with one attached hydrogen (secondary N) is 2. The van der Waals surface area contributed by atoms with Crippen LogP contribution < -0.4 is 21.1 Å². The standard InChI is InChI=1S/C31H31N5O3/c1-18-3-11-25-23(15-18)13-14-36-30(34-25)27(29(32)37)28(35-36)21-6-4-19(5-7-21)17-33-31(38)24-16-22(20-8-9-20)10-12-26(24)39-2/h3-7,10-12,15-16,20,34H,8-9,13-14,17H2,1-2H3,(H2,32,37)(H,33,38). The summed E-state index contributed by atoms with van der Waals surface area (Å²) in [5.41, 5.74) is 13.5. The van der Waals surface area contributed by atoms with Crippen molar-refractivity contribution < 1.29 is 14.3 Å². The third-order valence-corrected chi connectivity index (χ3v) is 7.50. The summed E-state index contributed by atoms with van der Waals surface area (Å²) in [6.45, 7) is 3.06. The number of anilines is 2. The number of methoxy groups -OCH3 is 1. The zero-order chi connectivity index (χ0) is 27.1. The highest BCUT2D eigenvalue weighted by Gasteiger charge is 2.27. The lowest BCUT2D eigenvalue weighted by Gasteiger charge is -2.12. The van der Waals surface area contributed by atoms with Crippen LogP contribution in [0.15, 0.2) is 60.7 Å². The fourth-order valence-electron chi connectivity index (χ4n) is 5.22. The monoisotopic (exact) mass is 521 g/mol. The molecule has 0 spiro atoms. The predicted octanol–water partition coefficient (Wildman–Crippen LogP) is 5.07. The Morgan fingerprint density at radius 3 is 2.62 bits per heavy atom. The average molecular weight is 522 g/mol. The highest BCUT2D eigenvalue weighted by Crippen LogP contribution is 2.41. The molecule has 4 aromatic rings. The Morgan fingerprint density at radius 2 is 1.90 bits per heavy atom. The van der Waals surface area contributed by atoms with Crippen LogP contribution in [0.25, 0.3) is 11.3 Å². The lowest BCUT2D eigenvalue weighted by Crippen LogP contribution is -2.23. The van der Waals surface area contributed by atoms with Gasteiger partial charge < -0.3 is 21.1 Å². The summed E-state index contributed by atoms with van der Waals surface area (Å²) in [7, 11) is 1.58. The first kappa shape index (κ1) is 24.7. The number of hydrogen-bond donors (Lipinski definition) is 3. The van der Waals surface area contributed by atoms with Crippen LogP contribution in [0.5, 0.6) is 5.75 Å². The minimum Gasteiger partial charge on any atom is -0.496 e. The van der Waals surface area contributed by atoms with E-state index in [2.05, 4.69) is 23.6 Å². The topological polar surface area (TPSA) is 111 Å². The number of aryl methyl sites for hydroxylation is 3. The van der Waals surface area contributed by atoms with Gasteiger partial charge in [0.15, 0.2) is 0 Å². The Kier molecular flexibility index (Phi) is 6.30. The van der Waals surface area contributed by atoms with Gasteiger partial charge in [0.1, 0.15) is 22.8 Å². The molecule has 8 heteroatoms. The van der Waals surface area contributed by atoms with Crippen molar-refractivity contribution in [3.8, 4) is 17.0 Å². The van der Waals surface area contributed by atoms with Crippen molar-refractivity contribution in [3.05, 3.63) is 94.0 Å². The summed E-state index contributed by atoms with van der Waals surface area (Å²) in [4.78, 5) is 25.6. The first-order valence-electron chi connectivity index (χ1n) is 13.2. The first-order valence-corrected chi connectivity index (χ1v) is 13.2. The molecule has 1 fully saturated rings. The number of hydrogen-bond acceptors (Lipinski definition) is 5. The molecule has 0 radical (unpaired) electrons. The van der Waals surface area contributed by atoms with Crippen molar-refractivity contribution in [2.24, 2.45) is 5.73 Å². The molecule has 0 saturated heterocycles. The highest BCUT2D eigenvalue weighted by atomic mass is 16.5. The number of aromatic nitrogens is 2. The van der Waals surface area contributed by atoms with Crippen molar-refractivity contribution in [2.45, 2.75) is 45.2 Å². The molecular formula is C31H31N5O3. The van der Waals surface area contributed by atoms with Gasteiger partial charge in [0, 0.05) is 24.3 Å². The number of nitrogens with two attached hydrogens (primary N) is 1. The van der Waals surface area contributed by atoms with Gasteiger partial charge in [-0.2, -0.15) is 5.10 Å². The third kappa shape index (κ3) is 4.85. The van der Waals surface area contributed by atoms with E-state index < -0.39 is 5.91 Å². The normalized spacial score (nSPS) is 14.0. The minimum atomic E-state index is -0.534. The van der Waals surface area contributed by atoms with Crippen molar-refractivity contribution in [1.29, 1.82) is 0 Å². The summed E-state index contributed by atoms with van der Waals surface area (Å²) in [5, 5.41) is 11.2. The molecule has 4 N–H and O–H groups in total. The maximum Gasteiger partial charge on any atom is 0.255 e. The Morgan fingerprint density at radius 1 is 1.10 bits per heavy atom. The van der Waals surface area contributed by atoms with Gasteiger partial charge in [0.25, 0.3) is 11.8 Å². The Labute approximate surface area is 227 Å². The zero-order valence-corrected chi connectivity index (χ0v) is 22.1. The van der Waals surface area contributed by atoms with E-state index in [0.717, 1.165) is 23.2 Å². The number of carbonyl (C=O) groups excluding carboxylic acids is 2. The number of rotatable bonds is 7. The number of primary amides is 1. The molecule has 8 nitrogen and oxygen atoms in total. The van der Waals surface area contributed by atoms with E-state index >= 15 is 0 Å². The maximum absolute atomic E-state index is 13.0. The number of ether oxygens (including phenoxy) is 1. The van der Waals surface area contributed by atoms with Crippen LogP contribution in [0.4, 0.5) is 11.5 Å². The molecule has 6 rings (SSSR count). The number of fused-ring (bicyclic) bond motifs is 2. The average Bonchev–Trinajstić information content (AvgIpc) is 3.75. The molecule has 39 heavy (non-hydrogen) atoms. The van der Waals surface area contributed by atoms with Crippen LogP contribution in [-0.2, 0) is 19.5 Å². The van der Waals surface area contributed by atoms with Crippen LogP contribution in [0.2, 0.25) is 0 Å². The molecule has 3 aromatic carbocycles. The summed E-state index contributed by atoms with van der Waals surface area (Å²) < 4.78 is 7.24. The fourth-order valence-corrected chi connectivity index (χ4v) is 5.22. The second kappa shape index (κ2) is 9.94. The molecule has 1 aromatic heterocycles. The van der Waals surface area contributed by atoms with Gasteiger partial charge in [-0.05, 0) is 67.0 Å². The second-order valence-electron chi connectivity index (χ2n) is 10.3. The Balaban J connectivity index is 1.21. The molecule has 0 bridgehead atoms. The summed E-state index contributed by atoms with van der Waals surface area (Å²) in [6, 6.07) is 19.7.